The van der Waals surface area contributed by atoms with Gasteiger partial charge in [0, 0.05) is 18.4 Å². The molecule has 0 aliphatic heterocycles. The number of carbonyl (C=O) groups is 1. The van der Waals surface area contributed by atoms with E-state index in [-0.39, 0.29) is 33.6 Å². The van der Waals surface area contributed by atoms with Gasteiger partial charge < -0.3 is 4.18 Å². The zero-order valence-corrected chi connectivity index (χ0v) is 24.4. The van der Waals surface area contributed by atoms with Gasteiger partial charge in [0.25, 0.3) is 0 Å². The molecule has 0 aliphatic carbocycles. The van der Waals surface area contributed by atoms with Crippen molar-refractivity contribution in [3.8, 4) is 5.88 Å². The van der Waals surface area contributed by atoms with Crippen LogP contribution >= 0.6 is 0 Å². The summed E-state index contributed by atoms with van der Waals surface area (Å²) in [7, 11) is -7.51. The maximum Gasteiger partial charge on any atom is 0.310 e. The first kappa shape index (κ1) is 29.8. The molecule has 0 amide bonds. The molecule has 0 radical (unpaired) electrons. The topological polar surface area (TPSA) is 112 Å². The van der Waals surface area contributed by atoms with Crippen molar-refractivity contribution in [3.63, 3.8) is 0 Å². The number of benzene rings is 1. The highest BCUT2D eigenvalue weighted by Gasteiger charge is 2.30. The van der Waals surface area contributed by atoms with Crippen molar-refractivity contribution in [1.29, 1.82) is 0 Å². The van der Waals surface area contributed by atoms with Crippen LogP contribution in [0.4, 0.5) is 0 Å². The molecule has 0 atom stereocenters. The molecule has 0 spiro atoms. The van der Waals surface area contributed by atoms with Crippen molar-refractivity contribution >= 4 is 31.3 Å². The number of hydrogen-bond donors (Lipinski definition) is 0. The Balaban J connectivity index is 2.81. The fourth-order valence-corrected chi connectivity index (χ4v) is 6.08. The van der Waals surface area contributed by atoms with E-state index in [1.54, 1.807) is 13.8 Å². The summed E-state index contributed by atoms with van der Waals surface area (Å²) >= 11 is 0. The van der Waals surface area contributed by atoms with Crippen LogP contribution in [0.2, 0.25) is 0 Å². The smallest absolute Gasteiger partial charge is 0.310 e. The predicted octanol–water partition coefficient (Wildman–Crippen LogP) is 5.11. The van der Waals surface area contributed by atoms with Gasteiger partial charge in [-0.1, -0.05) is 32.8 Å². The largest absolute Gasteiger partial charge is 0.361 e. The number of unbranched alkanes of at least 4 members (excludes halogenated alkanes) is 1. The summed E-state index contributed by atoms with van der Waals surface area (Å²) in [6.45, 7) is 15.1. The predicted molar refractivity (Wildman–Crippen MR) is 143 cm³/mol. The lowest BCUT2D eigenvalue weighted by atomic mass is 9.91. The summed E-state index contributed by atoms with van der Waals surface area (Å²) < 4.78 is 57.4. The SMILES string of the molecule is CCCCS(=O)(=O)Oc1c(C(=O)c2ccc(S(C)(=O)=O)c(C(C)=C(C)C)c2C)c(C)nn1CC(C)C. The molecule has 1 aromatic heterocycles. The van der Waals surface area contributed by atoms with Gasteiger partial charge in [-0.05, 0) is 75.8 Å². The molecule has 2 aromatic rings. The molecule has 0 aliphatic rings. The molecular weight excluding hydrogens is 500 g/mol. The van der Waals surface area contributed by atoms with Crippen LogP contribution in [-0.2, 0) is 26.5 Å². The summed E-state index contributed by atoms with van der Waals surface area (Å²) in [6, 6.07) is 2.91. The van der Waals surface area contributed by atoms with Crippen molar-refractivity contribution < 1.29 is 25.8 Å². The zero-order chi connectivity index (χ0) is 27.6. The minimum atomic E-state index is -3.95. The van der Waals surface area contributed by atoms with Gasteiger partial charge in [-0.25, -0.2) is 13.1 Å². The summed E-state index contributed by atoms with van der Waals surface area (Å²) in [4.78, 5) is 14.1. The van der Waals surface area contributed by atoms with Crippen molar-refractivity contribution in [2.24, 2.45) is 5.92 Å². The molecule has 0 fully saturated rings. The van der Waals surface area contributed by atoms with Gasteiger partial charge in [0.15, 0.2) is 9.84 Å². The maximum absolute atomic E-state index is 13.9. The number of hydrogen-bond acceptors (Lipinski definition) is 7. The average Bonchev–Trinajstić information content (AvgIpc) is 3.03. The Morgan fingerprint density at radius 1 is 1.06 bits per heavy atom. The van der Waals surface area contributed by atoms with Gasteiger partial charge in [-0.3, -0.25) is 4.79 Å². The number of allylic oxidation sites excluding steroid dienone is 2. The second-order valence-corrected chi connectivity index (χ2v) is 13.6. The van der Waals surface area contributed by atoms with Gasteiger partial charge in [0.2, 0.25) is 11.7 Å². The Labute approximate surface area is 215 Å². The van der Waals surface area contributed by atoms with Crippen molar-refractivity contribution in [3.05, 3.63) is 45.7 Å². The van der Waals surface area contributed by atoms with E-state index >= 15 is 0 Å². The van der Waals surface area contributed by atoms with Crippen LogP contribution in [0.25, 0.3) is 5.57 Å². The fraction of sp³-hybridized carbons (Fsp3) is 0.538. The first-order valence-electron chi connectivity index (χ1n) is 12.0. The quantitative estimate of drug-likeness (QED) is 0.288. The fourth-order valence-electron chi connectivity index (χ4n) is 3.95. The summed E-state index contributed by atoms with van der Waals surface area (Å²) in [5, 5.41) is 4.44. The minimum absolute atomic E-state index is 0.0618. The van der Waals surface area contributed by atoms with Crippen LogP contribution in [0, 0.1) is 19.8 Å². The number of rotatable bonds is 11. The molecule has 0 unspecified atom stereocenters. The zero-order valence-electron chi connectivity index (χ0n) is 22.7. The lowest BCUT2D eigenvalue weighted by molar-refractivity contribution is 0.103. The van der Waals surface area contributed by atoms with E-state index in [2.05, 4.69) is 5.10 Å². The Bertz CT molecular complexity index is 1390. The Kier molecular flexibility index (Phi) is 9.34. The van der Waals surface area contributed by atoms with Gasteiger partial charge in [-0.2, -0.15) is 13.5 Å². The summed E-state index contributed by atoms with van der Waals surface area (Å²) in [5.41, 5.74) is 3.32. The summed E-state index contributed by atoms with van der Waals surface area (Å²) in [5.74, 6) is -0.622. The van der Waals surface area contributed by atoms with Crippen LogP contribution in [0.5, 0.6) is 5.88 Å². The highest BCUT2D eigenvalue weighted by molar-refractivity contribution is 7.90. The second-order valence-electron chi connectivity index (χ2n) is 9.88. The standard InChI is InChI=1S/C26H38N2O6S2/c1-10-11-14-36(32,33)34-26-24(20(8)27-28(26)15-16(2)3)25(29)21-12-13-22(35(9,30)31)23(19(21)7)18(6)17(4)5/h12-13,16H,10-11,14-15H2,1-9H3. The van der Waals surface area contributed by atoms with Gasteiger partial charge in [0.05, 0.1) is 16.3 Å². The second kappa shape index (κ2) is 11.3. The molecule has 0 N–H and O–H groups in total. The first-order chi connectivity index (χ1) is 16.5. The minimum Gasteiger partial charge on any atom is -0.361 e. The number of nitrogens with zero attached hydrogens (tertiary/aromatic N) is 2. The van der Waals surface area contributed by atoms with E-state index < -0.39 is 25.7 Å². The van der Waals surface area contributed by atoms with Crippen molar-refractivity contribution in [2.75, 3.05) is 12.0 Å². The molecule has 0 saturated heterocycles. The Morgan fingerprint density at radius 2 is 1.67 bits per heavy atom. The number of sulfone groups is 1. The third kappa shape index (κ3) is 6.64. The molecule has 8 nitrogen and oxygen atoms in total. The molecule has 0 bridgehead atoms. The Hall–Kier alpha value is -2.46. The first-order valence-corrected chi connectivity index (χ1v) is 15.5. The van der Waals surface area contributed by atoms with E-state index in [9.17, 15) is 21.6 Å². The molecule has 1 heterocycles. The molecule has 200 valence electrons. The lowest BCUT2D eigenvalue weighted by Gasteiger charge is -2.17. The van der Waals surface area contributed by atoms with Crippen LogP contribution in [0.15, 0.2) is 22.6 Å². The third-order valence-corrected chi connectivity index (χ3v) is 8.34. The molecule has 1 aromatic carbocycles. The number of aryl methyl sites for hydroxylation is 1. The Morgan fingerprint density at radius 3 is 2.17 bits per heavy atom. The van der Waals surface area contributed by atoms with E-state index in [4.69, 9.17) is 4.18 Å². The normalized spacial score (nSPS) is 12.2. The lowest BCUT2D eigenvalue weighted by Crippen LogP contribution is -2.19. The number of carbonyl (C=O) groups excluding carboxylic acids is 1. The summed E-state index contributed by atoms with van der Waals surface area (Å²) in [6.07, 6.45) is 2.25. The van der Waals surface area contributed by atoms with Gasteiger partial charge in [-0.15, -0.1) is 0 Å². The third-order valence-electron chi connectivity index (χ3n) is 6.00. The molecule has 36 heavy (non-hydrogen) atoms. The molecule has 10 heteroatoms. The maximum atomic E-state index is 13.9. The van der Waals surface area contributed by atoms with Gasteiger partial charge in [0.1, 0.15) is 5.56 Å². The van der Waals surface area contributed by atoms with Crippen LogP contribution in [-0.4, -0.2) is 44.4 Å². The molecular formula is C26H38N2O6S2. The van der Waals surface area contributed by atoms with E-state index in [0.29, 0.717) is 36.2 Å². The number of aromatic nitrogens is 2. The van der Waals surface area contributed by atoms with Gasteiger partial charge >= 0.3 is 10.1 Å². The van der Waals surface area contributed by atoms with E-state index in [0.717, 1.165) is 17.4 Å². The highest BCUT2D eigenvalue weighted by atomic mass is 32.2. The molecule has 0 saturated carbocycles. The average molecular weight is 539 g/mol. The van der Waals surface area contributed by atoms with Crippen molar-refractivity contribution in [1.82, 2.24) is 9.78 Å². The van der Waals surface area contributed by atoms with Crippen LogP contribution in [0.1, 0.15) is 87.1 Å². The monoisotopic (exact) mass is 538 g/mol. The number of ketones is 1. The highest BCUT2D eigenvalue weighted by Crippen LogP contribution is 2.34. The van der Waals surface area contributed by atoms with Crippen LogP contribution in [0.3, 0.4) is 0 Å². The molecule has 2 rings (SSSR count). The van der Waals surface area contributed by atoms with Crippen molar-refractivity contribution in [2.45, 2.75) is 79.7 Å². The van der Waals surface area contributed by atoms with E-state index in [1.165, 1.54) is 16.8 Å². The van der Waals surface area contributed by atoms with E-state index in [1.807, 2.05) is 41.5 Å². The van der Waals surface area contributed by atoms with Crippen LogP contribution < -0.4 is 4.18 Å².